The number of benzene rings is 1. The number of carboxylic acid groups (broad SMARTS) is 1. The number of rotatable bonds is 4. The van der Waals surface area contributed by atoms with Crippen LogP contribution < -0.4 is 10.1 Å². The molecule has 1 fully saturated rings. The van der Waals surface area contributed by atoms with Crippen molar-refractivity contribution in [2.75, 3.05) is 25.0 Å². The second kappa shape index (κ2) is 7.16. The van der Waals surface area contributed by atoms with Crippen LogP contribution in [0.4, 0.5) is 28.0 Å². The number of nitrogens with one attached hydrogen (secondary N) is 1. The van der Waals surface area contributed by atoms with Gasteiger partial charge in [-0.05, 0) is 19.1 Å². The van der Waals surface area contributed by atoms with E-state index in [9.17, 15) is 27.2 Å². The van der Waals surface area contributed by atoms with Crippen molar-refractivity contribution in [3.05, 3.63) is 24.0 Å². The van der Waals surface area contributed by atoms with Gasteiger partial charge in [0.15, 0.2) is 0 Å². The minimum Gasteiger partial charge on any atom is -0.492 e. The Morgan fingerprint density at radius 3 is 2.56 bits per heavy atom. The maximum absolute atomic E-state index is 13.2. The van der Waals surface area contributed by atoms with Gasteiger partial charge in [0.25, 0.3) is 0 Å². The fourth-order valence-electron chi connectivity index (χ4n) is 2.62. The Morgan fingerprint density at radius 1 is 1.36 bits per heavy atom. The van der Waals surface area contributed by atoms with Crippen LogP contribution >= 0.6 is 0 Å². The van der Waals surface area contributed by atoms with Crippen molar-refractivity contribution in [3.63, 3.8) is 0 Å². The Bertz CT molecular complexity index is 665. The highest BCUT2D eigenvalue weighted by atomic mass is 19.4. The number of carbonyl (C=O) groups is 2. The number of carbonyl (C=O) groups excluding carboxylic acids is 1. The summed E-state index contributed by atoms with van der Waals surface area (Å²) < 4.78 is 57.3. The molecule has 0 radical (unpaired) electrons. The number of ether oxygens (including phenoxy) is 1. The maximum atomic E-state index is 13.2. The number of alkyl halides is 3. The molecule has 2 rings (SSSR count). The largest absolute Gasteiger partial charge is 0.492 e. The Balaban J connectivity index is 2.15. The molecule has 2 atom stereocenters. The number of halogens is 4. The Labute approximate surface area is 140 Å². The molecule has 138 valence electrons. The van der Waals surface area contributed by atoms with Gasteiger partial charge in [0, 0.05) is 19.2 Å². The number of nitrogens with zero attached hydrogens (tertiary/aromatic N) is 1. The summed E-state index contributed by atoms with van der Waals surface area (Å²) in [5, 5.41) is 11.3. The molecule has 0 saturated carbocycles. The van der Waals surface area contributed by atoms with E-state index < -0.39 is 48.9 Å². The first-order valence-corrected chi connectivity index (χ1v) is 7.41. The summed E-state index contributed by atoms with van der Waals surface area (Å²) in [6.45, 7) is 0.490. The Hall–Kier alpha value is -2.52. The van der Waals surface area contributed by atoms with Crippen LogP contribution in [0.15, 0.2) is 18.2 Å². The summed E-state index contributed by atoms with van der Waals surface area (Å²) in [6, 6.07) is 2.39. The summed E-state index contributed by atoms with van der Waals surface area (Å²) in [5.41, 5.74) is 0.0792. The quantitative estimate of drug-likeness (QED) is 0.806. The molecule has 0 bridgehead atoms. The minimum atomic E-state index is -4.73. The van der Waals surface area contributed by atoms with Gasteiger partial charge in [0.2, 0.25) is 0 Å². The van der Waals surface area contributed by atoms with Crippen molar-refractivity contribution < 1.29 is 37.0 Å². The van der Waals surface area contributed by atoms with E-state index in [1.165, 1.54) is 6.07 Å². The molecule has 0 aromatic heterocycles. The van der Waals surface area contributed by atoms with Gasteiger partial charge in [-0.25, -0.2) is 9.18 Å². The van der Waals surface area contributed by atoms with E-state index in [-0.39, 0.29) is 18.0 Å². The van der Waals surface area contributed by atoms with Crippen molar-refractivity contribution in [1.82, 2.24) is 4.90 Å². The van der Waals surface area contributed by atoms with Gasteiger partial charge >= 0.3 is 18.2 Å². The molecule has 1 aliphatic heterocycles. The highest BCUT2D eigenvalue weighted by Gasteiger charge is 2.53. The maximum Gasteiger partial charge on any atom is 0.394 e. The lowest BCUT2D eigenvalue weighted by Crippen LogP contribution is -2.35. The van der Waals surface area contributed by atoms with Gasteiger partial charge in [-0.15, -0.1) is 0 Å². The first-order chi connectivity index (χ1) is 11.6. The van der Waals surface area contributed by atoms with Gasteiger partial charge in [-0.2, -0.15) is 13.2 Å². The van der Waals surface area contributed by atoms with E-state index in [4.69, 9.17) is 9.84 Å². The van der Waals surface area contributed by atoms with Crippen molar-refractivity contribution >= 4 is 17.7 Å². The fraction of sp³-hybridized carbons (Fsp3) is 0.467. The topological polar surface area (TPSA) is 78.9 Å². The van der Waals surface area contributed by atoms with Crippen LogP contribution in [0.1, 0.15) is 6.92 Å². The fourth-order valence-corrected chi connectivity index (χ4v) is 2.62. The van der Waals surface area contributed by atoms with Crippen LogP contribution in [0.3, 0.4) is 0 Å². The second-order valence-corrected chi connectivity index (χ2v) is 5.50. The predicted octanol–water partition coefficient (Wildman–Crippen LogP) is 2.95. The van der Waals surface area contributed by atoms with Gasteiger partial charge in [-0.3, -0.25) is 4.79 Å². The van der Waals surface area contributed by atoms with E-state index >= 15 is 0 Å². The van der Waals surface area contributed by atoms with Gasteiger partial charge in [0.05, 0.1) is 24.1 Å². The van der Waals surface area contributed by atoms with E-state index in [0.717, 1.165) is 17.0 Å². The summed E-state index contributed by atoms with van der Waals surface area (Å²) in [5.74, 6) is -6.07. The van der Waals surface area contributed by atoms with Crippen molar-refractivity contribution in [1.29, 1.82) is 0 Å². The zero-order valence-corrected chi connectivity index (χ0v) is 13.1. The second-order valence-electron chi connectivity index (χ2n) is 5.50. The number of hydrogen-bond acceptors (Lipinski definition) is 3. The highest BCUT2D eigenvalue weighted by molar-refractivity contribution is 5.91. The number of carboxylic acids is 1. The van der Waals surface area contributed by atoms with Gasteiger partial charge in [0.1, 0.15) is 11.6 Å². The molecule has 2 N–H and O–H groups in total. The molecule has 1 aromatic carbocycles. The molecule has 1 aliphatic rings. The lowest BCUT2D eigenvalue weighted by molar-refractivity contribution is -0.187. The first-order valence-electron chi connectivity index (χ1n) is 7.41. The van der Waals surface area contributed by atoms with Crippen molar-refractivity contribution in [2.45, 2.75) is 13.1 Å². The monoisotopic (exact) mass is 364 g/mol. The molecule has 1 heterocycles. The van der Waals surface area contributed by atoms with E-state index in [2.05, 4.69) is 5.32 Å². The predicted molar refractivity (Wildman–Crippen MR) is 78.8 cm³/mol. The first kappa shape index (κ1) is 18.8. The molecule has 6 nitrogen and oxygen atoms in total. The lowest BCUT2D eigenvalue weighted by Gasteiger charge is -2.19. The third-order valence-electron chi connectivity index (χ3n) is 3.83. The average molecular weight is 364 g/mol. The van der Waals surface area contributed by atoms with Crippen LogP contribution in [0.25, 0.3) is 0 Å². The van der Waals surface area contributed by atoms with Crippen LogP contribution in [0, 0.1) is 17.7 Å². The van der Waals surface area contributed by atoms with Crippen LogP contribution in [-0.2, 0) is 4.79 Å². The number of likely N-dealkylation sites (tertiary alicyclic amines) is 1. The molecular weight excluding hydrogens is 348 g/mol. The number of amides is 2. The Kier molecular flexibility index (Phi) is 5.39. The average Bonchev–Trinajstić information content (AvgIpc) is 2.96. The summed E-state index contributed by atoms with van der Waals surface area (Å²) in [7, 11) is 0. The van der Waals surface area contributed by atoms with E-state index in [1.54, 1.807) is 6.92 Å². The normalized spacial score (nSPS) is 20.4. The van der Waals surface area contributed by atoms with Crippen LogP contribution in [-0.4, -0.2) is 47.9 Å². The smallest absolute Gasteiger partial charge is 0.394 e. The molecular formula is C15H16F4N2O4. The van der Waals surface area contributed by atoms with Crippen molar-refractivity contribution in [3.8, 4) is 5.75 Å². The molecule has 0 unspecified atom stereocenters. The Morgan fingerprint density at radius 2 is 2.04 bits per heavy atom. The summed E-state index contributed by atoms with van der Waals surface area (Å²) >= 11 is 0. The molecule has 25 heavy (non-hydrogen) atoms. The van der Waals surface area contributed by atoms with Crippen LogP contribution in [0.5, 0.6) is 5.75 Å². The summed E-state index contributed by atoms with van der Waals surface area (Å²) in [6.07, 6.45) is -4.73. The number of anilines is 1. The third-order valence-corrected chi connectivity index (χ3v) is 3.83. The zero-order chi connectivity index (χ0) is 18.8. The standard InChI is InChI=1S/C15H16F4N2O4/c1-2-25-12-5-8(16)3-4-11(12)20-14(24)21-6-9(13(22)23)10(7-21)15(17,18)19/h3-5,9-10H,2,6-7H2,1H3,(H,20,24)(H,22,23)/t9-,10-/m1/s1. The van der Waals surface area contributed by atoms with Gasteiger partial charge < -0.3 is 20.1 Å². The third kappa shape index (κ3) is 4.31. The van der Waals surface area contributed by atoms with Gasteiger partial charge in [-0.1, -0.05) is 0 Å². The molecule has 1 aromatic rings. The summed E-state index contributed by atoms with van der Waals surface area (Å²) in [4.78, 5) is 24.0. The molecule has 10 heteroatoms. The zero-order valence-electron chi connectivity index (χ0n) is 13.1. The number of hydrogen-bond donors (Lipinski definition) is 2. The van der Waals surface area contributed by atoms with Crippen LogP contribution in [0.2, 0.25) is 0 Å². The number of aliphatic carboxylic acids is 1. The van der Waals surface area contributed by atoms with Crippen molar-refractivity contribution in [2.24, 2.45) is 11.8 Å². The lowest BCUT2D eigenvalue weighted by atomic mass is 9.96. The molecule has 2 amide bonds. The van der Waals surface area contributed by atoms with E-state index in [1.807, 2.05) is 0 Å². The van der Waals surface area contributed by atoms with E-state index in [0.29, 0.717) is 0 Å². The molecule has 0 aliphatic carbocycles. The minimum absolute atomic E-state index is 0.0252. The highest BCUT2D eigenvalue weighted by Crippen LogP contribution is 2.38. The number of urea groups is 1. The molecule has 1 saturated heterocycles. The SMILES string of the molecule is CCOc1cc(F)ccc1NC(=O)N1C[C@@H](C(F)(F)F)[C@H](C(=O)O)C1. The molecule has 0 spiro atoms.